The first-order chi connectivity index (χ1) is 15.0. The van der Waals surface area contributed by atoms with Crippen molar-refractivity contribution in [1.82, 2.24) is 10.3 Å². The Morgan fingerprint density at radius 2 is 2.03 bits per heavy atom. The molecular weight excluding hydrogens is 435 g/mol. The van der Waals surface area contributed by atoms with Crippen LogP contribution in [0.25, 0.3) is 16.7 Å². The number of hydrogen-bond acceptors (Lipinski definition) is 3. The number of aliphatic imine (C=N–C) groups is 1. The van der Waals surface area contributed by atoms with Gasteiger partial charge in [0.1, 0.15) is 0 Å². The van der Waals surface area contributed by atoms with Crippen LogP contribution in [0, 0.1) is 0 Å². The summed E-state index contributed by atoms with van der Waals surface area (Å²) in [6, 6.07) is 9.61. The first-order valence-corrected chi connectivity index (χ1v) is 10.4. The van der Waals surface area contributed by atoms with Gasteiger partial charge in [0, 0.05) is 28.4 Å². The first-order valence-electron chi connectivity index (χ1n) is 9.69. The maximum Gasteiger partial charge on any atom is 0.436 e. The molecule has 2 aromatic rings. The molecule has 31 heavy (non-hydrogen) atoms. The molecule has 1 heterocycles. The number of hydrogen-bond donors (Lipinski definition) is 2. The molecule has 3 rings (SSSR count). The Morgan fingerprint density at radius 3 is 2.77 bits per heavy atom. The molecule has 0 unspecified atom stereocenters. The highest BCUT2D eigenvalue weighted by Crippen LogP contribution is 2.32. The van der Waals surface area contributed by atoms with E-state index in [4.69, 9.17) is 38.7 Å². The molecule has 0 atom stereocenters. The molecule has 1 amide bonds. The van der Waals surface area contributed by atoms with Crippen molar-refractivity contribution in [3.8, 4) is 11.1 Å². The molecule has 1 aliphatic rings. The van der Waals surface area contributed by atoms with Crippen molar-refractivity contribution in [2.24, 2.45) is 10.7 Å². The Bertz CT molecular complexity index is 1070. The molecule has 160 valence electrons. The van der Waals surface area contributed by atoms with Crippen LogP contribution in [0.3, 0.4) is 0 Å². The molecule has 0 spiro atoms. The summed E-state index contributed by atoms with van der Waals surface area (Å²) in [6.45, 7) is 2.27. The predicted molar refractivity (Wildman–Crippen MR) is 126 cm³/mol. The fourth-order valence-corrected chi connectivity index (χ4v) is 3.25. The molecule has 1 aromatic heterocycles. The van der Waals surface area contributed by atoms with Gasteiger partial charge in [0.25, 0.3) is 0 Å². The zero-order valence-corrected chi connectivity index (χ0v) is 18.5. The van der Waals surface area contributed by atoms with E-state index >= 15 is 0 Å². The molecule has 6 nitrogen and oxygen atoms in total. The van der Waals surface area contributed by atoms with Crippen molar-refractivity contribution in [3.63, 3.8) is 0 Å². The fraction of sp³-hybridized carbons (Fsp3) is 0.174. The van der Waals surface area contributed by atoms with Crippen molar-refractivity contribution >= 4 is 40.8 Å². The van der Waals surface area contributed by atoms with Gasteiger partial charge in [-0.2, -0.15) is 0 Å². The summed E-state index contributed by atoms with van der Waals surface area (Å²) in [7, 11) is 0. The second kappa shape index (κ2) is 10.8. The lowest BCUT2D eigenvalue weighted by Crippen LogP contribution is -2.32. The van der Waals surface area contributed by atoms with Gasteiger partial charge in [-0.15, -0.1) is 4.99 Å². The van der Waals surface area contributed by atoms with Gasteiger partial charge in [-0.3, -0.25) is 4.98 Å². The Kier molecular flexibility index (Phi) is 7.87. The molecule has 8 heteroatoms. The maximum atomic E-state index is 11.4. The molecule has 3 N–H and O–H groups in total. The van der Waals surface area contributed by atoms with E-state index in [1.54, 1.807) is 13.1 Å². The van der Waals surface area contributed by atoms with Gasteiger partial charge in [0.15, 0.2) is 5.96 Å². The van der Waals surface area contributed by atoms with Crippen LogP contribution in [-0.2, 0) is 11.3 Å². The number of nitrogens with two attached hydrogens (primary N) is 1. The second-order valence-corrected chi connectivity index (χ2v) is 7.52. The quantitative estimate of drug-likeness (QED) is 0.462. The van der Waals surface area contributed by atoms with Gasteiger partial charge in [-0.05, 0) is 60.4 Å². The Labute approximate surface area is 191 Å². The third kappa shape index (κ3) is 6.44. The summed E-state index contributed by atoms with van der Waals surface area (Å²) in [4.78, 5) is 19.8. The minimum atomic E-state index is -0.733. The molecule has 1 aromatic carbocycles. The molecule has 0 saturated heterocycles. The zero-order valence-electron chi connectivity index (χ0n) is 16.9. The molecule has 0 fully saturated rings. The summed E-state index contributed by atoms with van der Waals surface area (Å²) in [5, 5.41) is 4.23. The highest BCUT2D eigenvalue weighted by Gasteiger charge is 2.13. The SMILES string of the molecule is CCOC(=O)/N=C(\N)NCc1cnc(C2=CC=C(Cl)C=CC2)c(-c2ccc(Cl)cc2)c1. The fourth-order valence-electron chi connectivity index (χ4n) is 2.97. The number of pyridine rings is 1. The number of nitrogens with one attached hydrogen (secondary N) is 1. The number of amides is 1. The highest BCUT2D eigenvalue weighted by molar-refractivity contribution is 6.31. The van der Waals surface area contributed by atoms with Crippen LogP contribution >= 0.6 is 23.2 Å². The molecule has 0 bridgehead atoms. The van der Waals surface area contributed by atoms with E-state index in [1.165, 1.54) is 0 Å². The first kappa shape index (κ1) is 22.6. The van der Waals surface area contributed by atoms with Crippen molar-refractivity contribution < 1.29 is 9.53 Å². The Balaban J connectivity index is 1.92. The average Bonchev–Trinajstić information content (AvgIpc) is 2.97. The predicted octanol–water partition coefficient (Wildman–Crippen LogP) is 5.43. The zero-order chi connectivity index (χ0) is 22.2. The normalized spacial score (nSPS) is 13.8. The number of nitrogens with zero attached hydrogens (tertiary/aromatic N) is 2. The number of halogens is 2. The van der Waals surface area contributed by atoms with Crippen LogP contribution < -0.4 is 11.1 Å². The van der Waals surface area contributed by atoms with Crippen molar-refractivity contribution in [2.75, 3.05) is 6.61 Å². The van der Waals surface area contributed by atoms with E-state index in [2.05, 4.69) is 10.3 Å². The van der Waals surface area contributed by atoms with Crippen molar-refractivity contribution in [1.29, 1.82) is 0 Å². The van der Waals surface area contributed by atoms with Gasteiger partial charge < -0.3 is 15.8 Å². The van der Waals surface area contributed by atoms with Gasteiger partial charge in [0.2, 0.25) is 0 Å². The van der Waals surface area contributed by atoms with Gasteiger partial charge in [-0.25, -0.2) is 4.79 Å². The lowest BCUT2D eigenvalue weighted by molar-refractivity contribution is 0.163. The van der Waals surface area contributed by atoms with E-state index < -0.39 is 6.09 Å². The number of ether oxygens (including phenoxy) is 1. The number of rotatable bonds is 5. The van der Waals surface area contributed by atoms with Crippen molar-refractivity contribution in [2.45, 2.75) is 19.9 Å². The van der Waals surface area contributed by atoms with E-state index in [1.807, 2.05) is 54.6 Å². The van der Waals surface area contributed by atoms with Crippen LogP contribution in [0.2, 0.25) is 5.02 Å². The van der Waals surface area contributed by atoms with Crippen LogP contribution in [0.5, 0.6) is 0 Å². The summed E-state index contributed by atoms with van der Waals surface area (Å²) in [5.74, 6) is -0.0213. The summed E-state index contributed by atoms with van der Waals surface area (Å²) in [6.07, 6.45) is 9.45. The third-order valence-electron chi connectivity index (χ3n) is 4.42. The number of carbonyl (C=O) groups is 1. The summed E-state index contributed by atoms with van der Waals surface area (Å²) in [5.41, 5.74) is 10.5. The molecule has 0 saturated carbocycles. The van der Waals surface area contributed by atoms with Crippen LogP contribution in [0.4, 0.5) is 4.79 Å². The Morgan fingerprint density at radius 1 is 1.26 bits per heavy atom. The van der Waals surface area contributed by atoms with Crippen molar-refractivity contribution in [3.05, 3.63) is 82.1 Å². The third-order valence-corrected chi connectivity index (χ3v) is 4.92. The van der Waals surface area contributed by atoms with E-state index in [0.717, 1.165) is 28.0 Å². The van der Waals surface area contributed by atoms with Gasteiger partial charge in [-0.1, -0.05) is 47.5 Å². The highest BCUT2D eigenvalue weighted by atomic mass is 35.5. The largest absolute Gasteiger partial charge is 0.448 e. The average molecular weight is 457 g/mol. The smallest absolute Gasteiger partial charge is 0.436 e. The number of carbonyl (C=O) groups excluding carboxylic acids is 1. The van der Waals surface area contributed by atoms with E-state index in [0.29, 0.717) is 23.0 Å². The molecule has 0 radical (unpaired) electrons. The van der Waals surface area contributed by atoms with E-state index in [9.17, 15) is 4.79 Å². The monoisotopic (exact) mass is 456 g/mol. The van der Waals surface area contributed by atoms with E-state index in [-0.39, 0.29) is 12.6 Å². The number of benzene rings is 1. The lowest BCUT2D eigenvalue weighted by atomic mass is 9.96. The molecule has 1 aliphatic carbocycles. The van der Waals surface area contributed by atoms with Crippen LogP contribution in [-0.4, -0.2) is 23.6 Å². The second-order valence-electron chi connectivity index (χ2n) is 6.65. The van der Waals surface area contributed by atoms with Gasteiger partial charge >= 0.3 is 6.09 Å². The topological polar surface area (TPSA) is 89.6 Å². The minimum absolute atomic E-state index is 0.0213. The van der Waals surface area contributed by atoms with Crippen LogP contribution in [0.1, 0.15) is 24.6 Å². The number of allylic oxidation sites excluding steroid dienone is 6. The molecule has 0 aliphatic heterocycles. The minimum Gasteiger partial charge on any atom is -0.448 e. The standard InChI is InChI=1S/C23H22Cl2N4O2/c1-2-31-23(30)29-22(26)28-14-15-12-20(16-6-9-19(25)10-7-16)21(27-13-15)17-4-3-5-18(24)11-8-17/h3,5-13H,2,4,14H2,1H3,(H3,26,28,29,30). The summed E-state index contributed by atoms with van der Waals surface area (Å²) < 4.78 is 4.76. The number of aromatic nitrogens is 1. The lowest BCUT2D eigenvalue weighted by Gasteiger charge is -2.14. The maximum absolute atomic E-state index is 11.4. The molecular formula is C23H22Cl2N4O2. The van der Waals surface area contributed by atoms with Crippen LogP contribution in [0.15, 0.2) is 70.9 Å². The van der Waals surface area contributed by atoms with Gasteiger partial charge in [0.05, 0.1) is 12.3 Å². The Hall–Kier alpha value is -3.09. The summed E-state index contributed by atoms with van der Waals surface area (Å²) >= 11 is 12.2. The number of guanidine groups is 1.